The summed E-state index contributed by atoms with van der Waals surface area (Å²) in [6.45, 7) is 2.20. The van der Waals surface area contributed by atoms with Gasteiger partial charge in [-0.1, -0.05) is 11.6 Å². The molecule has 1 unspecified atom stereocenters. The van der Waals surface area contributed by atoms with Crippen LogP contribution in [0.2, 0.25) is 5.02 Å². The molecular formula is C17H19ClN4O2. The molecule has 1 saturated heterocycles. The predicted molar refractivity (Wildman–Crippen MR) is 91.0 cm³/mol. The third kappa shape index (κ3) is 2.81. The van der Waals surface area contributed by atoms with Gasteiger partial charge in [0.1, 0.15) is 11.4 Å². The molecule has 3 heterocycles. The molecule has 1 spiro atoms. The van der Waals surface area contributed by atoms with Gasteiger partial charge in [0.2, 0.25) is 0 Å². The Bertz CT molecular complexity index is 737. The van der Waals surface area contributed by atoms with Crippen molar-refractivity contribution in [1.29, 1.82) is 0 Å². The first-order valence-corrected chi connectivity index (χ1v) is 8.51. The number of hydrogen-bond acceptors (Lipinski definition) is 4. The maximum atomic E-state index is 12.7. The van der Waals surface area contributed by atoms with Crippen LogP contribution in [0.1, 0.15) is 18.7 Å². The van der Waals surface area contributed by atoms with Crippen molar-refractivity contribution in [2.24, 2.45) is 0 Å². The number of imidazole rings is 1. The highest BCUT2D eigenvalue weighted by molar-refractivity contribution is 6.30. The smallest absolute Gasteiger partial charge is 0.255 e. The lowest BCUT2D eigenvalue weighted by Gasteiger charge is -2.43. The number of ether oxygens (including phenoxy) is 1. The van der Waals surface area contributed by atoms with E-state index in [1.807, 2.05) is 10.8 Å². The van der Waals surface area contributed by atoms with Crippen LogP contribution in [0.3, 0.4) is 0 Å². The molecule has 2 N–H and O–H groups in total. The van der Waals surface area contributed by atoms with Crippen molar-refractivity contribution >= 4 is 23.2 Å². The number of carbonyl (C=O) groups excluding carboxylic acids is 1. The summed E-state index contributed by atoms with van der Waals surface area (Å²) in [6, 6.07) is 7.07. The van der Waals surface area contributed by atoms with E-state index in [-0.39, 0.29) is 5.91 Å². The van der Waals surface area contributed by atoms with Crippen molar-refractivity contribution < 1.29 is 9.53 Å². The SMILES string of the molecule is O=C(Nc1ccc(Cl)cc1)C1Cn2ccnc2C2(CCNCC2)O1. The first-order chi connectivity index (χ1) is 11.7. The fourth-order valence-electron chi connectivity index (χ4n) is 3.46. The van der Waals surface area contributed by atoms with Gasteiger partial charge in [-0.25, -0.2) is 4.98 Å². The number of anilines is 1. The molecule has 7 heteroatoms. The minimum absolute atomic E-state index is 0.144. The van der Waals surface area contributed by atoms with Gasteiger partial charge >= 0.3 is 0 Å². The quantitative estimate of drug-likeness (QED) is 0.874. The average molecular weight is 347 g/mol. The minimum atomic E-state index is -0.541. The Morgan fingerprint density at radius 1 is 1.33 bits per heavy atom. The van der Waals surface area contributed by atoms with Crippen LogP contribution in [-0.4, -0.2) is 34.7 Å². The van der Waals surface area contributed by atoms with Crippen LogP contribution in [0.25, 0.3) is 0 Å². The summed E-state index contributed by atoms with van der Waals surface area (Å²) in [5.41, 5.74) is 0.235. The van der Waals surface area contributed by atoms with Crippen molar-refractivity contribution in [2.75, 3.05) is 18.4 Å². The summed E-state index contributed by atoms with van der Waals surface area (Å²) in [7, 11) is 0. The van der Waals surface area contributed by atoms with Crippen LogP contribution < -0.4 is 10.6 Å². The number of carbonyl (C=O) groups is 1. The van der Waals surface area contributed by atoms with Gasteiger partial charge in [0.15, 0.2) is 6.10 Å². The predicted octanol–water partition coefficient (Wildman–Crippen LogP) is 2.15. The fourth-order valence-corrected chi connectivity index (χ4v) is 3.59. The number of hydrogen-bond donors (Lipinski definition) is 2. The van der Waals surface area contributed by atoms with Crippen molar-refractivity contribution in [1.82, 2.24) is 14.9 Å². The van der Waals surface area contributed by atoms with E-state index < -0.39 is 11.7 Å². The van der Waals surface area contributed by atoms with E-state index in [1.54, 1.807) is 30.5 Å². The van der Waals surface area contributed by atoms with Crippen LogP contribution in [0.5, 0.6) is 0 Å². The Kier molecular flexibility index (Phi) is 4.04. The second-order valence-electron chi connectivity index (χ2n) is 6.25. The zero-order valence-corrected chi connectivity index (χ0v) is 13.9. The van der Waals surface area contributed by atoms with Crippen LogP contribution in [-0.2, 0) is 21.7 Å². The van der Waals surface area contributed by atoms with Crippen LogP contribution >= 0.6 is 11.6 Å². The van der Waals surface area contributed by atoms with E-state index in [9.17, 15) is 4.79 Å². The molecule has 1 aromatic carbocycles. The minimum Gasteiger partial charge on any atom is -0.352 e. The van der Waals surface area contributed by atoms with E-state index in [2.05, 4.69) is 15.6 Å². The van der Waals surface area contributed by atoms with Gasteiger partial charge in [-0.3, -0.25) is 4.79 Å². The standard InChI is InChI=1S/C17H19ClN4O2/c18-12-1-3-13(4-2-12)21-15(23)14-11-22-10-9-20-16(22)17(24-14)5-7-19-8-6-17/h1-4,9-10,14,19H,5-8,11H2,(H,21,23). The zero-order chi connectivity index (χ0) is 16.6. The number of piperidine rings is 1. The number of nitrogens with one attached hydrogen (secondary N) is 2. The molecule has 1 aromatic heterocycles. The topological polar surface area (TPSA) is 68.2 Å². The molecule has 6 nitrogen and oxygen atoms in total. The van der Waals surface area contributed by atoms with Gasteiger partial charge in [0.25, 0.3) is 5.91 Å². The van der Waals surface area contributed by atoms with Crippen molar-refractivity contribution in [3.8, 4) is 0 Å². The van der Waals surface area contributed by atoms with Gasteiger partial charge in [0.05, 0.1) is 6.54 Å². The van der Waals surface area contributed by atoms with E-state index in [0.717, 1.165) is 31.8 Å². The molecule has 2 aliphatic rings. The molecule has 0 bridgehead atoms. The molecule has 0 aliphatic carbocycles. The average Bonchev–Trinajstić information content (AvgIpc) is 3.07. The summed E-state index contributed by atoms with van der Waals surface area (Å²) >= 11 is 5.88. The highest BCUT2D eigenvalue weighted by atomic mass is 35.5. The lowest BCUT2D eigenvalue weighted by Crippen LogP contribution is -2.52. The number of benzene rings is 1. The largest absolute Gasteiger partial charge is 0.352 e. The van der Waals surface area contributed by atoms with Crippen LogP contribution in [0, 0.1) is 0 Å². The summed E-state index contributed by atoms with van der Waals surface area (Å²) in [6.07, 6.45) is 4.79. The second-order valence-corrected chi connectivity index (χ2v) is 6.69. The molecule has 24 heavy (non-hydrogen) atoms. The van der Waals surface area contributed by atoms with Gasteiger partial charge in [0, 0.05) is 23.1 Å². The Morgan fingerprint density at radius 3 is 2.83 bits per heavy atom. The highest BCUT2D eigenvalue weighted by Gasteiger charge is 2.45. The summed E-state index contributed by atoms with van der Waals surface area (Å²) in [5.74, 6) is 0.786. The Balaban J connectivity index is 1.56. The van der Waals surface area contributed by atoms with Crippen molar-refractivity contribution in [2.45, 2.75) is 31.1 Å². The maximum absolute atomic E-state index is 12.7. The lowest BCUT2D eigenvalue weighted by atomic mass is 9.89. The molecule has 126 valence electrons. The number of halogens is 1. The van der Waals surface area contributed by atoms with Gasteiger partial charge < -0.3 is 19.9 Å². The second kappa shape index (κ2) is 6.20. The molecule has 0 saturated carbocycles. The van der Waals surface area contributed by atoms with Gasteiger partial charge in [-0.15, -0.1) is 0 Å². The number of rotatable bonds is 2. The summed E-state index contributed by atoms with van der Waals surface area (Å²) in [5, 5.41) is 6.89. The lowest BCUT2D eigenvalue weighted by molar-refractivity contribution is -0.163. The monoisotopic (exact) mass is 346 g/mol. The van der Waals surface area contributed by atoms with E-state index >= 15 is 0 Å². The Labute approximate surface area is 145 Å². The zero-order valence-electron chi connectivity index (χ0n) is 13.2. The maximum Gasteiger partial charge on any atom is 0.255 e. The van der Waals surface area contributed by atoms with Crippen LogP contribution in [0.4, 0.5) is 5.69 Å². The summed E-state index contributed by atoms with van der Waals surface area (Å²) < 4.78 is 8.34. The van der Waals surface area contributed by atoms with Gasteiger partial charge in [-0.05, 0) is 50.2 Å². The normalized spacial score (nSPS) is 22.1. The van der Waals surface area contributed by atoms with Crippen molar-refractivity contribution in [3.05, 3.63) is 47.5 Å². The number of fused-ring (bicyclic) bond motifs is 2. The molecule has 1 atom stereocenters. The number of aromatic nitrogens is 2. The van der Waals surface area contributed by atoms with E-state index in [4.69, 9.17) is 16.3 Å². The van der Waals surface area contributed by atoms with Gasteiger partial charge in [-0.2, -0.15) is 0 Å². The number of nitrogens with zero attached hydrogens (tertiary/aromatic N) is 2. The molecule has 2 aliphatic heterocycles. The third-order valence-electron chi connectivity index (χ3n) is 4.67. The van der Waals surface area contributed by atoms with E-state index in [0.29, 0.717) is 17.3 Å². The summed E-state index contributed by atoms with van der Waals surface area (Å²) in [4.78, 5) is 17.2. The first-order valence-electron chi connectivity index (χ1n) is 8.13. The molecule has 2 aromatic rings. The first kappa shape index (κ1) is 15.6. The highest BCUT2D eigenvalue weighted by Crippen LogP contribution is 2.38. The van der Waals surface area contributed by atoms with Crippen molar-refractivity contribution in [3.63, 3.8) is 0 Å². The Morgan fingerprint density at radius 2 is 2.08 bits per heavy atom. The molecule has 0 radical (unpaired) electrons. The molecular weight excluding hydrogens is 328 g/mol. The van der Waals surface area contributed by atoms with Crippen LogP contribution in [0.15, 0.2) is 36.7 Å². The third-order valence-corrected chi connectivity index (χ3v) is 4.92. The molecule has 4 rings (SSSR count). The molecule has 1 amide bonds. The Hall–Kier alpha value is -1.89. The molecule has 1 fully saturated rings. The number of amides is 1. The fraction of sp³-hybridized carbons (Fsp3) is 0.412. The van der Waals surface area contributed by atoms with E-state index in [1.165, 1.54) is 0 Å².